The Morgan fingerprint density at radius 1 is 1.12 bits per heavy atom. The lowest BCUT2D eigenvalue weighted by molar-refractivity contribution is -0.163. The molecular formula is C42H53NO6. The molecule has 1 aromatic heterocycles. The van der Waals surface area contributed by atoms with Gasteiger partial charge in [0.05, 0.1) is 41.6 Å². The first-order chi connectivity index (χ1) is 22.8. The number of hydrogen-bond acceptors (Lipinski definition) is 6. The summed E-state index contributed by atoms with van der Waals surface area (Å²) in [5, 5.41) is 24.9. The number of ketones is 1. The number of aliphatic hydroxyl groups is 2. The number of esters is 1. The van der Waals surface area contributed by atoms with Crippen molar-refractivity contribution in [1.82, 2.24) is 4.57 Å². The average Bonchev–Trinajstić information content (AvgIpc) is 3.67. The van der Waals surface area contributed by atoms with Crippen molar-refractivity contribution in [3.63, 3.8) is 0 Å². The fraction of sp³-hybridized carbons (Fsp3) is 0.619. The summed E-state index contributed by atoms with van der Waals surface area (Å²) in [5.41, 5.74) is 5.89. The number of benzene rings is 1. The molecule has 2 saturated carbocycles. The molecule has 8 rings (SSSR count). The highest BCUT2D eigenvalue weighted by Gasteiger charge is 2.68. The number of hydrogen-bond donors (Lipinski definition) is 2. The first-order valence-corrected chi connectivity index (χ1v) is 18.3. The molecule has 2 aromatic rings. The van der Waals surface area contributed by atoms with E-state index in [1.807, 2.05) is 13.0 Å². The van der Waals surface area contributed by atoms with Gasteiger partial charge in [-0.25, -0.2) is 4.79 Å². The molecule has 0 unspecified atom stereocenters. The molecule has 0 bridgehead atoms. The molecule has 49 heavy (non-hydrogen) atoms. The summed E-state index contributed by atoms with van der Waals surface area (Å²) in [6, 6.07) is 1.78. The molecule has 1 aromatic carbocycles. The summed E-state index contributed by atoms with van der Waals surface area (Å²) in [7, 11) is 1.39. The van der Waals surface area contributed by atoms with Crippen molar-refractivity contribution in [3.8, 4) is 0 Å². The minimum atomic E-state index is -0.851. The Balaban J connectivity index is 1.36. The minimum Gasteiger partial charge on any atom is -0.466 e. The molecule has 7 heteroatoms. The van der Waals surface area contributed by atoms with Crippen molar-refractivity contribution in [2.75, 3.05) is 7.11 Å². The van der Waals surface area contributed by atoms with E-state index in [1.54, 1.807) is 0 Å². The second-order valence-corrected chi connectivity index (χ2v) is 18.1. The van der Waals surface area contributed by atoms with Gasteiger partial charge in [0.25, 0.3) is 0 Å². The Kier molecular flexibility index (Phi) is 6.82. The van der Waals surface area contributed by atoms with Crippen molar-refractivity contribution >= 4 is 28.2 Å². The molecule has 7 nitrogen and oxygen atoms in total. The number of nitrogens with zero attached hydrogens (tertiary/aromatic N) is 1. The maximum atomic E-state index is 14.8. The molecule has 2 N–H and O–H groups in total. The molecule has 0 amide bonds. The highest BCUT2D eigenvalue weighted by Crippen LogP contribution is 2.72. The van der Waals surface area contributed by atoms with Gasteiger partial charge in [-0.15, -0.1) is 0 Å². The Morgan fingerprint density at radius 3 is 2.51 bits per heavy atom. The van der Waals surface area contributed by atoms with Crippen LogP contribution >= 0.6 is 0 Å². The Hall–Kier alpha value is -3.00. The van der Waals surface area contributed by atoms with Crippen molar-refractivity contribution in [2.24, 2.45) is 28.6 Å². The number of fused-ring (bicyclic) bond motifs is 11. The fourth-order valence-electron chi connectivity index (χ4n) is 12.7. The molecule has 262 valence electrons. The number of carbonyl (C=O) groups excluding carboxylic acids is 2. The zero-order valence-electron chi connectivity index (χ0n) is 30.7. The highest BCUT2D eigenvalue weighted by atomic mass is 16.5. The molecular weight excluding hydrogens is 614 g/mol. The second kappa shape index (κ2) is 10.1. The summed E-state index contributed by atoms with van der Waals surface area (Å²) in [6.45, 7) is 21.7. The Labute approximate surface area is 290 Å². The van der Waals surface area contributed by atoms with Crippen molar-refractivity contribution in [1.29, 1.82) is 0 Å². The van der Waals surface area contributed by atoms with Crippen LogP contribution in [0.3, 0.4) is 0 Å². The third-order valence-electron chi connectivity index (χ3n) is 14.7. The van der Waals surface area contributed by atoms with E-state index >= 15 is 0 Å². The lowest BCUT2D eigenvalue weighted by Gasteiger charge is -2.65. The number of allylic oxidation sites excluding steroid dienone is 2. The van der Waals surface area contributed by atoms with Gasteiger partial charge < -0.3 is 24.3 Å². The third kappa shape index (κ3) is 3.96. The van der Waals surface area contributed by atoms with E-state index in [0.29, 0.717) is 24.3 Å². The predicted octanol–water partition coefficient (Wildman–Crippen LogP) is 7.72. The van der Waals surface area contributed by atoms with Crippen LogP contribution in [0.4, 0.5) is 0 Å². The van der Waals surface area contributed by atoms with Crippen LogP contribution in [0.2, 0.25) is 0 Å². The number of rotatable bonds is 4. The largest absolute Gasteiger partial charge is 0.466 e. The van der Waals surface area contributed by atoms with Gasteiger partial charge in [-0.05, 0) is 119 Å². The van der Waals surface area contributed by atoms with E-state index < -0.39 is 34.9 Å². The fourth-order valence-corrected chi connectivity index (χ4v) is 12.7. The first-order valence-electron chi connectivity index (χ1n) is 18.3. The van der Waals surface area contributed by atoms with Crippen LogP contribution < -0.4 is 0 Å². The number of aliphatic hydroxyl groups excluding tert-OH is 2. The van der Waals surface area contributed by atoms with Crippen LogP contribution in [0.1, 0.15) is 132 Å². The van der Waals surface area contributed by atoms with E-state index in [4.69, 9.17) is 9.47 Å². The summed E-state index contributed by atoms with van der Waals surface area (Å²) in [4.78, 5) is 26.8. The molecule has 0 spiro atoms. The number of ether oxygens (including phenoxy) is 2. The molecule has 6 aliphatic rings. The van der Waals surface area contributed by atoms with E-state index in [2.05, 4.69) is 71.8 Å². The number of carbonyl (C=O) groups is 2. The zero-order chi connectivity index (χ0) is 35.4. The lowest BCUT2D eigenvalue weighted by atomic mass is 9.40. The average molecular weight is 668 g/mol. The maximum Gasteiger partial charge on any atom is 0.330 e. The summed E-state index contributed by atoms with van der Waals surface area (Å²) in [6.07, 6.45) is 9.36. The zero-order valence-corrected chi connectivity index (χ0v) is 30.7. The van der Waals surface area contributed by atoms with Gasteiger partial charge in [-0.1, -0.05) is 39.0 Å². The van der Waals surface area contributed by atoms with Gasteiger partial charge in [0.15, 0.2) is 5.78 Å². The topological polar surface area (TPSA) is 98.0 Å². The van der Waals surface area contributed by atoms with Crippen molar-refractivity contribution < 1.29 is 29.3 Å². The maximum absolute atomic E-state index is 14.8. The molecule has 4 aliphatic carbocycles. The second-order valence-electron chi connectivity index (χ2n) is 18.1. The van der Waals surface area contributed by atoms with Crippen LogP contribution in [0.5, 0.6) is 0 Å². The van der Waals surface area contributed by atoms with Gasteiger partial charge in [0.2, 0.25) is 0 Å². The number of methoxy groups -OCH3 is 1. The quantitative estimate of drug-likeness (QED) is 0.197. The highest BCUT2D eigenvalue weighted by molar-refractivity contribution is 6.18. The van der Waals surface area contributed by atoms with E-state index in [-0.39, 0.29) is 34.4 Å². The Bertz CT molecular complexity index is 1930. The normalized spacial score (nSPS) is 39.3. The van der Waals surface area contributed by atoms with Crippen LogP contribution in [0.15, 0.2) is 36.4 Å². The third-order valence-corrected chi connectivity index (χ3v) is 14.7. The first kappa shape index (κ1) is 33.2. The summed E-state index contributed by atoms with van der Waals surface area (Å²) >= 11 is 0. The minimum absolute atomic E-state index is 0.0323. The molecule has 2 aliphatic heterocycles. The smallest absolute Gasteiger partial charge is 0.330 e. The Morgan fingerprint density at radius 2 is 1.84 bits per heavy atom. The molecule has 3 heterocycles. The lowest BCUT2D eigenvalue weighted by Crippen LogP contribution is -2.62. The van der Waals surface area contributed by atoms with Gasteiger partial charge in [0.1, 0.15) is 6.04 Å². The number of Topliss-reactive ketones (excluding diaryl/α,β-unsaturated/α-hetero) is 1. The monoisotopic (exact) mass is 667 g/mol. The van der Waals surface area contributed by atoms with E-state index in [9.17, 15) is 19.8 Å². The standard InChI is InChI=1S/C42H53NO6/c1-21(2)33-36(47)31-30-23(26-20-38(3,4)49-39(5,6)32(26)35(30)46)19-24-25-18-22-13-14-27-40(7,16-11-12-29(45)48-10)28(44)15-17-41(27,8)42(22,9)37(25)43(33)34(24)31/h11-12,19-20,22,27-28,32-33,35,44,46H,1,13-18H2,2-10H3/b12-11+/t22-,27-,28-,32+,33-,35+,40-,41-,42+/m0/s1. The molecule has 0 radical (unpaired) electrons. The van der Waals surface area contributed by atoms with Crippen molar-refractivity contribution in [2.45, 2.75) is 129 Å². The van der Waals surface area contributed by atoms with E-state index in [0.717, 1.165) is 58.9 Å². The molecule has 0 saturated heterocycles. The van der Waals surface area contributed by atoms with Gasteiger partial charge >= 0.3 is 5.97 Å². The number of aromatic nitrogens is 1. The van der Waals surface area contributed by atoms with Gasteiger partial charge in [-0.2, -0.15) is 0 Å². The summed E-state index contributed by atoms with van der Waals surface area (Å²) < 4.78 is 13.7. The van der Waals surface area contributed by atoms with Crippen LogP contribution in [-0.2, 0) is 26.1 Å². The molecule has 9 atom stereocenters. The summed E-state index contributed by atoms with van der Waals surface area (Å²) in [5.74, 6) is -0.0170. The van der Waals surface area contributed by atoms with E-state index in [1.165, 1.54) is 24.4 Å². The van der Waals surface area contributed by atoms with Gasteiger partial charge in [-0.3, -0.25) is 4.79 Å². The van der Waals surface area contributed by atoms with Crippen molar-refractivity contribution in [3.05, 3.63) is 64.4 Å². The molecule has 2 fully saturated rings. The van der Waals surface area contributed by atoms with Crippen LogP contribution in [-0.4, -0.2) is 50.9 Å². The predicted molar refractivity (Wildman–Crippen MR) is 190 cm³/mol. The SMILES string of the molecule is C=C(C)[C@H]1C(=O)c2c3c(cc4c5c(n1c24)[C@@]1(C)[C@@H](CC[C@H]2[C@](C)(C/C=C/C(=O)OC)[C@@H](O)CC[C@@]21C)C5)C1=CC(C)(C)OC(C)(C)[C@H]1[C@@H]3O. The van der Waals surface area contributed by atoms with Crippen LogP contribution in [0.25, 0.3) is 16.5 Å². The van der Waals surface area contributed by atoms with Gasteiger partial charge in [0, 0.05) is 39.5 Å². The van der Waals surface area contributed by atoms with Crippen LogP contribution in [0, 0.1) is 28.6 Å².